The maximum Gasteiger partial charge on any atom is 0.279 e. The molecule has 0 atom stereocenters. The second-order valence-corrected chi connectivity index (χ2v) is 5.60. The number of hydrogen-bond acceptors (Lipinski definition) is 3. The van der Waals surface area contributed by atoms with Crippen LogP contribution in [0.3, 0.4) is 0 Å². The van der Waals surface area contributed by atoms with Gasteiger partial charge in [0.1, 0.15) is 5.65 Å². The van der Waals surface area contributed by atoms with Crippen molar-refractivity contribution in [2.75, 3.05) is 0 Å². The van der Waals surface area contributed by atoms with E-state index in [2.05, 4.69) is 9.98 Å². The molecule has 0 aliphatic carbocycles. The molecule has 0 spiro atoms. The van der Waals surface area contributed by atoms with E-state index < -0.39 is 0 Å². The number of carbonyl (C=O) groups excluding carboxylic acids is 1. The minimum atomic E-state index is -0.263. The normalized spacial score (nSPS) is 12.0. The molecule has 100 valence electrons. The van der Waals surface area contributed by atoms with Gasteiger partial charge in [0.15, 0.2) is 0 Å². The zero-order valence-electron chi connectivity index (χ0n) is 11.2. The van der Waals surface area contributed by atoms with Crippen LogP contribution in [0.1, 0.15) is 21.5 Å². The first kappa shape index (κ1) is 12.7. The molecule has 5 heteroatoms. The van der Waals surface area contributed by atoms with Gasteiger partial charge < -0.3 is 0 Å². The molecule has 3 aromatic rings. The van der Waals surface area contributed by atoms with E-state index in [1.165, 1.54) is 11.5 Å². The third-order valence-corrected chi connectivity index (χ3v) is 3.79. The van der Waals surface area contributed by atoms with Crippen molar-refractivity contribution < 1.29 is 4.79 Å². The van der Waals surface area contributed by atoms with Gasteiger partial charge >= 0.3 is 0 Å². The highest BCUT2D eigenvalue weighted by Gasteiger charge is 2.04. The lowest BCUT2D eigenvalue weighted by Gasteiger charge is -1.94. The number of hydrogen-bond donors (Lipinski definition) is 0. The van der Waals surface area contributed by atoms with Gasteiger partial charge in [0, 0.05) is 11.8 Å². The first-order valence-electron chi connectivity index (χ1n) is 6.24. The summed E-state index contributed by atoms with van der Waals surface area (Å²) in [6.45, 7) is 3.99. The molecule has 3 rings (SSSR count). The van der Waals surface area contributed by atoms with Crippen LogP contribution >= 0.6 is 11.5 Å². The highest BCUT2D eigenvalue weighted by Crippen LogP contribution is 2.06. The summed E-state index contributed by atoms with van der Waals surface area (Å²) >= 11 is 1.35. The van der Waals surface area contributed by atoms with Gasteiger partial charge in [-0.25, -0.2) is 0 Å². The van der Waals surface area contributed by atoms with Gasteiger partial charge in [0.05, 0.1) is 0 Å². The molecule has 0 unspecified atom stereocenters. The summed E-state index contributed by atoms with van der Waals surface area (Å²) < 4.78 is 1.90. The molecule has 0 radical (unpaired) electrons. The van der Waals surface area contributed by atoms with E-state index in [-0.39, 0.29) is 5.91 Å². The molecule has 2 aromatic heterocycles. The second-order valence-electron chi connectivity index (χ2n) is 4.66. The summed E-state index contributed by atoms with van der Waals surface area (Å²) in [5.41, 5.74) is 3.64. The Morgan fingerprint density at radius 2 is 1.90 bits per heavy atom. The van der Waals surface area contributed by atoms with Crippen LogP contribution in [0.4, 0.5) is 0 Å². The summed E-state index contributed by atoms with van der Waals surface area (Å²) in [7, 11) is 0. The number of aryl methyl sites for hydroxylation is 2. The number of amides is 1. The minimum Gasteiger partial charge on any atom is -0.267 e. The average Bonchev–Trinajstić information content (AvgIpc) is 2.80. The Kier molecular flexibility index (Phi) is 3.20. The third kappa shape index (κ3) is 2.53. The van der Waals surface area contributed by atoms with Gasteiger partial charge in [-0.3, -0.25) is 8.58 Å². The van der Waals surface area contributed by atoms with Gasteiger partial charge in [-0.05, 0) is 55.2 Å². The predicted octanol–water partition coefficient (Wildman–Crippen LogP) is 2.75. The molecule has 0 N–H and O–H groups in total. The molecule has 0 saturated carbocycles. The van der Waals surface area contributed by atoms with E-state index in [0.29, 0.717) is 10.4 Å². The minimum absolute atomic E-state index is 0.263. The summed E-state index contributed by atoms with van der Waals surface area (Å²) in [5.74, 6) is -0.263. The van der Waals surface area contributed by atoms with Crippen molar-refractivity contribution in [3.63, 3.8) is 0 Å². The van der Waals surface area contributed by atoms with Gasteiger partial charge in [-0.2, -0.15) is 9.98 Å². The largest absolute Gasteiger partial charge is 0.279 e. The number of nitrogens with zero attached hydrogens (tertiary/aromatic N) is 3. The molecule has 1 amide bonds. The summed E-state index contributed by atoms with van der Waals surface area (Å²) in [6.07, 6.45) is 1.93. The van der Waals surface area contributed by atoms with Crippen molar-refractivity contribution in [3.8, 4) is 0 Å². The van der Waals surface area contributed by atoms with Gasteiger partial charge in [-0.1, -0.05) is 17.7 Å². The smallest absolute Gasteiger partial charge is 0.267 e. The van der Waals surface area contributed by atoms with Crippen LogP contribution in [-0.4, -0.2) is 14.7 Å². The third-order valence-electron chi connectivity index (χ3n) is 2.94. The molecule has 0 aliphatic rings. The molecule has 20 heavy (non-hydrogen) atoms. The van der Waals surface area contributed by atoms with Crippen LogP contribution < -0.4 is 4.80 Å². The first-order valence-corrected chi connectivity index (χ1v) is 7.01. The molecule has 4 nitrogen and oxygen atoms in total. The molecule has 0 saturated heterocycles. The second kappa shape index (κ2) is 5.02. The van der Waals surface area contributed by atoms with Crippen molar-refractivity contribution in [2.45, 2.75) is 13.8 Å². The monoisotopic (exact) mass is 283 g/mol. The fourth-order valence-electron chi connectivity index (χ4n) is 1.84. The Bertz CT molecular complexity index is 843. The maximum absolute atomic E-state index is 12.1. The molecular formula is C15H13N3OS. The number of fused-ring (bicyclic) bond motifs is 1. The summed E-state index contributed by atoms with van der Waals surface area (Å²) in [6, 6.07) is 11.3. The molecule has 2 heterocycles. The van der Waals surface area contributed by atoms with E-state index in [4.69, 9.17) is 0 Å². The van der Waals surface area contributed by atoms with Crippen LogP contribution in [0.5, 0.6) is 0 Å². The van der Waals surface area contributed by atoms with Crippen LogP contribution in [0.2, 0.25) is 0 Å². The zero-order valence-corrected chi connectivity index (χ0v) is 12.0. The van der Waals surface area contributed by atoms with Crippen LogP contribution in [-0.2, 0) is 0 Å². The van der Waals surface area contributed by atoms with Crippen molar-refractivity contribution in [2.24, 2.45) is 4.99 Å². The Balaban J connectivity index is 2.01. The van der Waals surface area contributed by atoms with Gasteiger partial charge in [-0.15, -0.1) is 0 Å². The van der Waals surface area contributed by atoms with E-state index in [1.807, 2.05) is 48.1 Å². The summed E-state index contributed by atoms with van der Waals surface area (Å²) in [4.78, 5) is 21.0. The van der Waals surface area contributed by atoms with Gasteiger partial charge in [0.25, 0.3) is 5.91 Å². The topological polar surface area (TPSA) is 46.7 Å². The molecule has 0 fully saturated rings. The van der Waals surface area contributed by atoms with Crippen molar-refractivity contribution >= 4 is 23.1 Å². The van der Waals surface area contributed by atoms with Crippen LogP contribution in [0.25, 0.3) is 5.65 Å². The first-order chi connectivity index (χ1) is 9.61. The lowest BCUT2D eigenvalue weighted by molar-refractivity contribution is 0.0998. The lowest BCUT2D eigenvalue weighted by atomic mass is 10.1. The number of aromatic nitrogens is 2. The number of rotatable bonds is 1. The van der Waals surface area contributed by atoms with Crippen molar-refractivity contribution in [1.29, 1.82) is 0 Å². The highest BCUT2D eigenvalue weighted by atomic mass is 32.1. The van der Waals surface area contributed by atoms with Crippen LogP contribution in [0.15, 0.2) is 47.6 Å². The van der Waals surface area contributed by atoms with E-state index >= 15 is 0 Å². The molecule has 0 aliphatic heterocycles. The van der Waals surface area contributed by atoms with E-state index in [1.54, 1.807) is 12.1 Å². The number of benzene rings is 1. The SMILES string of the molecule is Cc1ccc(C(=O)N=c2nc3cc(C)ccn3s2)cc1. The molecular weight excluding hydrogens is 270 g/mol. The van der Waals surface area contributed by atoms with E-state index in [0.717, 1.165) is 16.8 Å². The average molecular weight is 283 g/mol. The van der Waals surface area contributed by atoms with Crippen LogP contribution in [0, 0.1) is 13.8 Å². The van der Waals surface area contributed by atoms with Crippen molar-refractivity contribution in [3.05, 3.63) is 64.1 Å². The van der Waals surface area contributed by atoms with Crippen molar-refractivity contribution in [1.82, 2.24) is 8.77 Å². The summed E-state index contributed by atoms with van der Waals surface area (Å²) in [5, 5.41) is 0. The fourth-order valence-corrected chi connectivity index (χ4v) is 2.58. The van der Waals surface area contributed by atoms with Gasteiger partial charge in [0.2, 0.25) is 4.80 Å². The zero-order chi connectivity index (χ0) is 14.1. The predicted molar refractivity (Wildman–Crippen MR) is 78.9 cm³/mol. The Labute approximate surface area is 120 Å². The Hall–Kier alpha value is -2.27. The number of carbonyl (C=O) groups is 1. The standard InChI is InChI=1S/C15H13N3OS/c1-10-3-5-12(6-4-10)14(19)17-15-16-13-9-11(2)7-8-18(13)20-15/h3-9H,1-2H3. The molecule has 0 bridgehead atoms. The lowest BCUT2D eigenvalue weighted by Crippen LogP contribution is -2.04. The van der Waals surface area contributed by atoms with E-state index in [9.17, 15) is 4.79 Å². The highest BCUT2D eigenvalue weighted by molar-refractivity contribution is 7.03. The fraction of sp³-hybridized carbons (Fsp3) is 0.133. The Morgan fingerprint density at radius 1 is 1.15 bits per heavy atom. The quantitative estimate of drug-likeness (QED) is 0.689. The number of pyridine rings is 1. The molecule has 1 aromatic carbocycles. The maximum atomic E-state index is 12.1. The Morgan fingerprint density at radius 3 is 2.65 bits per heavy atom.